The van der Waals surface area contributed by atoms with E-state index in [2.05, 4.69) is 20.3 Å². The Kier molecular flexibility index (Phi) is 2.61. The van der Waals surface area contributed by atoms with Gasteiger partial charge in [0.05, 0.1) is 5.56 Å². The van der Waals surface area contributed by atoms with Crippen molar-refractivity contribution in [2.75, 3.05) is 0 Å². The van der Waals surface area contributed by atoms with Crippen LogP contribution in [0.15, 0.2) is 15.4 Å². The standard InChI is InChI=1S/C12H10N6O2/c1-3-8-9(11-17-16-6(2)20-11)15-10-7(4-13)5-14-18(10)12(8)19/h5,14H,3H2,1-2H3. The minimum atomic E-state index is -0.273. The number of fused-ring (bicyclic) bond motifs is 1. The highest BCUT2D eigenvalue weighted by molar-refractivity contribution is 5.61. The lowest BCUT2D eigenvalue weighted by Crippen LogP contribution is -2.21. The van der Waals surface area contributed by atoms with Gasteiger partial charge in [-0.1, -0.05) is 6.92 Å². The maximum atomic E-state index is 12.4. The Hall–Kier alpha value is -2.95. The van der Waals surface area contributed by atoms with Crippen LogP contribution < -0.4 is 5.56 Å². The van der Waals surface area contributed by atoms with E-state index in [-0.39, 0.29) is 22.7 Å². The van der Waals surface area contributed by atoms with E-state index in [0.717, 1.165) is 0 Å². The minimum Gasteiger partial charge on any atom is -0.420 e. The molecule has 0 saturated heterocycles. The lowest BCUT2D eigenvalue weighted by atomic mass is 10.1. The van der Waals surface area contributed by atoms with E-state index in [4.69, 9.17) is 9.68 Å². The number of aromatic nitrogens is 5. The van der Waals surface area contributed by atoms with E-state index in [1.165, 1.54) is 10.7 Å². The molecule has 0 bridgehead atoms. The third-order valence-corrected chi connectivity index (χ3v) is 2.96. The SMILES string of the molecule is CCc1c(-c2nnc(C)o2)nc2c(C#N)c[nH]n2c1=O. The first kappa shape index (κ1) is 12.1. The largest absolute Gasteiger partial charge is 0.420 e. The smallest absolute Gasteiger partial charge is 0.276 e. The first-order valence-corrected chi connectivity index (χ1v) is 5.99. The van der Waals surface area contributed by atoms with Crippen molar-refractivity contribution < 1.29 is 4.42 Å². The van der Waals surface area contributed by atoms with Crippen molar-refractivity contribution in [3.63, 3.8) is 0 Å². The van der Waals surface area contributed by atoms with Crippen LogP contribution in [0.5, 0.6) is 0 Å². The molecule has 1 N–H and O–H groups in total. The fourth-order valence-electron chi connectivity index (χ4n) is 2.02. The number of nitrogens with zero attached hydrogens (tertiary/aromatic N) is 5. The van der Waals surface area contributed by atoms with Gasteiger partial charge in [-0.25, -0.2) is 9.50 Å². The first-order chi connectivity index (χ1) is 9.65. The van der Waals surface area contributed by atoms with Crippen LogP contribution in [-0.4, -0.2) is 24.8 Å². The summed E-state index contributed by atoms with van der Waals surface area (Å²) >= 11 is 0. The molecule has 0 radical (unpaired) electrons. The Labute approximate surface area is 112 Å². The van der Waals surface area contributed by atoms with Crippen LogP contribution in [-0.2, 0) is 6.42 Å². The molecule has 3 aromatic rings. The molecule has 0 aromatic carbocycles. The monoisotopic (exact) mass is 270 g/mol. The number of H-pyrrole nitrogens is 1. The summed E-state index contributed by atoms with van der Waals surface area (Å²) in [6.07, 6.45) is 1.90. The van der Waals surface area contributed by atoms with Gasteiger partial charge >= 0.3 is 0 Å². The number of aromatic amines is 1. The van der Waals surface area contributed by atoms with Crippen molar-refractivity contribution in [3.05, 3.63) is 33.6 Å². The number of rotatable bonds is 2. The summed E-state index contributed by atoms with van der Waals surface area (Å²) < 4.78 is 6.58. The Morgan fingerprint density at radius 1 is 1.50 bits per heavy atom. The maximum Gasteiger partial charge on any atom is 0.276 e. The Bertz CT molecular complexity index is 895. The quantitative estimate of drug-likeness (QED) is 0.737. The molecule has 0 atom stereocenters. The number of aryl methyl sites for hydroxylation is 1. The zero-order chi connectivity index (χ0) is 14.3. The Morgan fingerprint density at radius 3 is 2.90 bits per heavy atom. The van der Waals surface area contributed by atoms with E-state index in [1.54, 1.807) is 6.92 Å². The highest BCUT2D eigenvalue weighted by Gasteiger charge is 2.19. The molecular formula is C12H10N6O2. The van der Waals surface area contributed by atoms with E-state index >= 15 is 0 Å². The fraction of sp³-hybridized carbons (Fsp3) is 0.250. The average molecular weight is 270 g/mol. The topological polar surface area (TPSA) is 113 Å². The summed E-state index contributed by atoms with van der Waals surface area (Å²) in [6, 6.07) is 1.98. The molecule has 8 heteroatoms. The zero-order valence-electron chi connectivity index (χ0n) is 10.8. The van der Waals surface area contributed by atoms with Crippen LogP contribution in [0.4, 0.5) is 0 Å². The van der Waals surface area contributed by atoms with Crippen LogP contribution in [0.1, 0.15) is 23.9 Å². The van der Waals surface area contributed by atoms with E-state index in [9.17, 15) is 4.79 Å². The molecule has 0 aliphatic heterocycles. The highest BCUT2D eigenvalue weighted by atomic mass is 16.4. The van der Waals surface area contributed by atoms with Gasteiger partial charge in [-0.3, -0.25) is 9.89 Å². The predicted octanol–water partition coefficient (Wildman–Crippen LogP) is 0.815. The Morgan fingerprint density at radius 2 is 2.30 bits per heavy atom. The van der Waals surface area contributed by atoms with Gasteiger partial charge in [-0.05, 0) is 6.42 Å². The maximum absolute atomic E-state index is 12.4. The molecule has 3 rings (SSSR count). The number of hydrogen-bond donors (Lipinski definition) is 1. The van der Waals surface area contributed by atoms with Crippen LogP contribution in [0.25, 0.3) is 17.2 Å². The Balaban J connectivity index is 2.41. The predicted molar refractivity (Wildman–Crippen MR) is 67.9 cm³/mol. The summed E-state index contributed by atoms with van der Waals surface area (Å²) in [5.41, 5.74) is 1.04. The second-order valence-corrected chi connectivity index (χ2v) is 4.18. The molecule has 0 amide bonds. The molecule has 100 valence electrons. The van der Waals surface area contributed by atoms with Crippen LogP contribution in [0.3, 0.4) is 0 Å². The molecule has 3 heterocycles. The van der Waals surface area contributed by atoms with Gasteiger partial charge in [0.1, 0.15) is 17.3 Å². The molecule has 20 heavy (non-hydrogen) atoms. The normalized spacial score (nSPS) is 10.8. The summed E-state index contributed by atoms with van der Waals surface area (Å²) in [5.74, 6) is 0.572. The van der Waals surface area contributed by atoms with Gasteiger partial charge < -0.3 is 4.42 Å². The number of hydrogen-bond acceptors (Lipinski definition) is 6. The second-order valence-electron chi connectivity index (χ2n) is 4.18. The van der Waals surface area contributed by atoms with Crippen molar-refractivity contribution in [3.8, 4) is 17.7 Å². The van der Waals surface area contributed by atoms with Gasteiger partial charge in [0.15, 0.2) is 5.65 Å². The van der Waals surface area contributed by atoms with Crippen molar-refractivity contribution >= 4 is 5.65 Å². The van der Waals surface area contributed by atoms with Crippen molar-refractivity contribution in [2.45, 2.75) is 20.3 Å². The summed E-state index contributed by atoms with van der Waals surface area (Å²) in [4.78, 5) is 16.7. The van der Waals surface area contributed by atoms with E-state index < -0.39 is 0 Å². The lowest BCUT2D eigenvalue weighted by molar-refractivity contribution is 0.530. The minimum absolute atomic E-state index is 0.184. The average Bonchev–Trinajstić information content (AvgIpc) is 3.04. The van der Waals surface area contributed by atoms with Gasteiger partial charge in [-0.2, -0.15) is 5.26 Å². The van der Waals surface area contributed by atoms with Crippen LogP contribution in [0, 0.1) is 18.3 Å². The third kappa shape index (κ3) is 1.60. The van der Waals surface area contributed by atoms with Gasteiger partial charge in [0.2, 0.25) is 5.89 Å². The van der Waals surface area contributed by atoms with Gasteiger partial charge in [-0.15, -0.1) is 10.2 Å². The highest BCUT2D eigenvalue weighted by Crippen LogP contribution is 2.20. The van der Waals surface area contributed by atoms with Crippen molar-refractivity contribution in [2.24, 2.45) is 0 Å². The second kappa shape index (κ2) is 4.31. The van der Waals surface area contributed by atoms with E-state index in [1.807, 2.05) is 13.0 Å². The first-order valence-electron chi connectivity index (χ1n) is 5.99. The molecule has 0 saturated carbocycles. The fourth-order valence-corrected chi connectivity index (χ4v) is 2.02. The molecule has 0 aliphatic rings. The lowest BCUT2D eigenvalue weighted by Gasteiger charge is -2.03. The van der Waals surface area contributed by atoms with E-state index in [0.29, 0.717) is 23.6 Å². The molecule has 0 spiro atoms. The van der Waals surface area contributed by atoms with Gasteiger partial charge in [0, 0.05) is 13.1 Å². The number of nitrogens with one attached hydrogen (secondary N) is 1. The number of nitriles is 1. The molecule has 0 unspecified atom stereocenters. The summed E-state index contributed by atoms with van der Waals surface area (Å²) in [5, 5.41) is 19.4. The van der Waals surface area contributed by atoms with Crippen LogP contribution >= 0.6 is 0 Å². The summed E-state index contributed by atoms with van der Waals surface area (Å²) in [6.45, 7) is 3.50. The third-order valence-electron chi connectivity index (χ3n) is 2.96. The molecule has 0 aliphatic carbocycles. The zero-order valence-corrected chi connectivity index (χ0v) is 10.8. The molecule has 8 nitrogen and oxygen atoms in total. The van der Waals surface area contributed by atoms with Gasteiger partial charge in [0.25, 0.3) is 11.4 Å². The summed E-state index contributed by atoms with van der Waals surface area (Å²) in [7, 11) is 0. The molecule has 0 fully saturated rings. The molecule has 3 aromatic heterocycles. The van der Waals surface area contributed by atoms with Crippen molar-refractivity contribution in [1.29, 1.82) is 5.26 Å². The van der Waals surface area contributed by atoms with Crippen molar-refractivity contribution in [1.82, 2.24) is 24.8 Å². The molecular weight excluding hydrogens is 260 g/mol. The van der Waals surface area contributed by atoms with Crippen LogP contribution in [0.2, 0.25) is 0 Å².